The molecule has 0 spiro atoms. The van der Waals surface area contributed by atoms with Gasteiger partial charge in [0, 0.05) is 4.47 Å². The lowest BCUT2D eigenvalue weighted by atomic mass is 10.2. The van der Waals surface area contributed by atoms with E-state index in [1.54, 1.807) is 18.2 Å². The monoisotopic (exact) mass is 350 g/mol. The Morgan fingerprint density at radius 2 is 2.05 bits per heavy atom. The van der Waals surface area contributed by atoms with Crippen LogP contribution < -0.4 is 10.1 Å². The number of hydrogen-bond donors (Lipinski definition) is 2. The zero-order valence-corrected chi connectivity index (χ0v) is 12.5. The molecule has 0 aliphatic carbocycles. The minimum absolute atomic E-state index is 0.0887. The zero-order chi connectivity index (χ0) is 15.4. The normalized spacial score (nSPS) is 10.0. The summed E-state index contributed by atoms with van der Waals surface area (Å²) in [6, 6.07) is 7.82. The number of aromatic nitrogens is 1. The van der Waals surface area contributed by atoms with Crippen molar-refractivity contribution in [1.29, 1.82) is 0 Å². The highest BCUT2D eigenvalue weighted by molar-refractivity contribution is 9.10. The van der Waals surface area contributed by atoms with E-state index in [0.29, 0.717) is 17.0 Å². The number of aromatic carboxylic acids is 1. The number of nitrogens with one attached hydrogen (secondary N) is 1. The smallest absolute Gasteiger partial charge is 0.354 e. The molecule has 0 saturated carbocycles. The molecule has 1 amide bonds. The number of carboxylic acid groups (broad SMARTS) is 1. The Morgan fingerprint density at radius 1 is 1.29 bits per heavy atom. The number of benzene rings is 1. The van der Waals surface area contributed by atoms with Gasteiger partial charge in [0.2, 0.25) is 0 Å². The maximum Gasteiger partial charge on any atom is 0.354 e. The van der Waals surface area contributed by atoms with E-state index in [-0.39, 0.29) is 11.6 Å². The number of carbonyl (C=O) groups is 2. The van der Waals surface area contributed by atoms with Gasteiger partial charge in [-0.2, -0.15) is 0 Å². The Kier molecular flexibility index (Phi) is 4.54. The first-order valence-corrected chi connectivity index (χ1v) is 6.65. The van der Waals surface area contributed by atoms with Gasteiger partial charge in [0.1, 0.15) is 11.4 Å². The summed E-state index contributed by atoms with van der Waals surface area (Å²) in [5.41, 5.74) is 0.673. The van der Waals surface area contributed by atoms with Gasteiger partial charge in [0.05, 0.1) is 24.6 Å². The van der Waals surface area contributed by atoms with Gasteiger partial charge in [-0.3, -0.25) is 4.79 Å². The highest BCUT2D eigenvalue weighted by Crippen LogP contribution is 2.24. The second-order valence-corrected chi connectivity index (χ2v) is 4.95. The number of anilines is 1. The molecule has 0 unspecified atom stereocenters. The van der Waals surface area contributed by atoms with Crippen LogP contribution in [0, 0.1) is 0 Å². The van der Waals surface area contributed by atoms with E-state index in [2.05, 4.69) is 26.2 Å². The number of amides is 1. The third-order valence-electron chi connectivity index (χ3n) is 2.65. The van der Waals surface area contributed by atoms with Crippen molar-refractivity contribution < 1.29 is 19.4 Å². The molecule has 0 atom stereocenters. The average Bonchev–Trinajstić information content (AvgIpc) is 2.47. The lowest BCUT2D eigenvalue weighted by Crippen LogP contribution is -2.13. The number of halogens is 1. The fourth-order valence-corrected chi connectivity index (χ4v) is 1.99. The molecule has 108 valence electrons. The number of nitrogens with zero attached hydrogens (tertiary/aromatic N) is 1. The summed E-state index contributed by atoms with van der Waals surface area (Å²) in [7, 11) is 1.47. The number of carboxylic acids is 1. The van der Waals surface area contributed by atoms with Crippen LogP contribution in [-0.2, 0) is 0 Å². The van der Waals surface area contributed by atoms with Gasteiger partial charge in [-0.25, -0.2) is 9.78 Å². The molecule has 7 heteroatoms. The predicted octanol–water partition coefficient (Wildman–Crippen LogP) is 2.80. The molecule has 1 aromatic carbocycles. The van der Waals surface area contributed by atoms with Gasteiger partial charge in [-0.1, -0.05) is 15.9 Å². The number of rotatable bonds is 4. The SMILES string of the molecule is COc1cc(Br)ccc1C(=O)Nc1ccc(C(=O)O)nc1. The molecule has 1 aromatic heterocycles. The van der Waals surface area contributed by atoms with Crippen molar-refractivity contribution in [2.24, 2.45) is 0 Å². The van der Waals surface area contributed by atoms with Crippen LogP contribution in [-0.4, -0.2) is 29.1 Å². The summed E-state index contributed by atoms with van der Waals surface area (Å²) < 4.78 is 5.95. The lowest BCUT2D eigenvalue weighted by Gasteiger charge is -2.09. The van der Waals surface area contributed by atoms with Gasteiger partial charge in [0.15, 0.2) is 0 Å². The number of hydrogen-bond acceptors (Lipinski definition) is 4. The molecule has 0 bridgehead atoms. The van der Waals surface area contributed by atoms with Crippen LogP contribution in [0.1, 0.15) is 20.8 Å². The van der Waals surface area contributed by atoms with Gasteiger partial charge in [-0.15, -0.1) is 0 Å². The first-order chi connectivity index (χ1) is 10.0. The second kappa shape index (κ2) is 6.36. The summed E-state index contributed by atoms with van der Waals surface area (Å²) in [6.45, 7) is 0. The maximum absolute atomic E-state index is 12.2. The van der Waals surface area contributed by atoms with E-state index < -0.39 is 5.97 Å². The number of methoxy groups -OCH3 is 1. The van der Waals surface area contributed by atoms with E-state index >= 15 is 0 Å². The van der Waals surface area contributed by atoms with Crippen LogP contribution in [0.3, 0.4) is 0 Å². The van der Waals surface area contributed by atoms with Crippen LogP contribution in [0.4, 0.5) is 5.69 Å². The summed E-state index contributed by atoms with van der Waals surface area (Å²) in [4.78, 5) is 26.6. The van der Waals surface area contributed by atoms with Crippen LogP contribution in [0.2, 0.25) is 0 Å². The molecular formula is C14H11BrN2O4. The summed E-state index contributed by atoms with van der Waals surface area (Å²) in [6.07, 6.45) is 1.28. The molecule has 2 aromatic rings. The topological polar surface area (TPSA) is 88.5 Å². The van der Waals surface area contributed by atoms with Crippen molar-refractivity contribution >= 4 is 33.5 Å². The highest BCUT2D eigenvalue weighted by atomic mass is 79.9. The Bertz CT molecular complexity index is 686. The zero-order valence-electron chi connectivity index (χ0n) is 11.0. The van der Waals surface area contributed by atoms with Gasteiger partial charge in [0.25, 0.3) is 5.91 Å². The van der Waals surface area contributed by atoms with Crippen molar-refractivity contribution in [2.45, 2.75) is 0 Å². The fraction of sp³-hybridized carbons (Fsp3) is 0.0714. The molecule has 0 aliphatic rings. The molecule has 0 radical (unpaired) electrons. The summed E-state index contributed by atoms with van der Waals surface area (Å²) >= 11 is 3.30. The van der Waals surface area contributed by atoms with Gasteiger partial charge >= 0.3 is 5.97 Å². The van der Waals surface area contributed by atoms with E-state index in [4.69, 9.17) is 9.84 Å². The van der Waals surface area contributed by atoms with E-state index in [0.717, 1.165) is 4.47 Å². The Hall–Kier alpha value is -2.41. The van der Waals surface area contributed by atoms with Crippen molar-refractivity contribution in [2.75, 3.05) is 12.4 Å². The van der Waals surface area contributed by atoms with Gasteiger partial charge in [-0.05, 0) is 30.3 Å². The van der Waals surface area contributed by atoms with Gasteiger partial charge < -0.3 is 15.2 Å². The lowest BCUT2D eigenvalue weighted by molar-refractivity contribution is 0.0690. The van der Waals surface area contributed by atoms with Crippen LogP contribution in [0.5, 0.6) is 5.75 Å². The molecule has 0 saturated heterocycles. The third kappa shape index (κ3) is 3.57. The van der Waals surface area contributed by atoms with Crippen molar-refractivity contribution in [3.05, 3.63) is 52.3 Å². The number of carbonyl (C=O) groups excluding carboxylic acids is 1. The van der Waals surface area contributed by atoms with E-state index in [1.807, 2.05) is 0 Å². The third-order valence-corrected chi connectivity index (χ3v) is 3.14. The van der Waals surface area contributed by atoms with Crippen LogP contribution >= 0.6 is 15.9 Å². The Morgan fingerprint density at radius 3 is 2.62 bits per heavy atom. The van der Waals surface area contributed by atoms with Crippen molar-refractivity contribution in [1.82, 2.24) is 4.98 Å². The highest BCUT2D eigenvalue weighted by Gasteiger charge is 2.13. The second-order valence-electron chi connectivity index (χ2n) is 4.04. The molecule has 2 N–H and O–H groups in total. The van der Waals surface area contributed by atoms with E-state index in [1.165, 1.54) is 25.4 Å². The molecule has 0 aliphatic heterocycles. The average molecular weight is 351 g/mol. The molecule has 6 nitrogen and oxygen atoms in total. The minimum atomic E-state index is -1.12. The Balaban J connectivity index is 2.19. The molecule has 0 fully saturated rings. The van der Waals surface area contributed by atoms with Crippen LogP contribution in [0.15, 0.2) is 41.0 Å². The van der Waals surface area contributed by atoms with Crippen LogP contribution in [0.25, 0.3) is 0 Å². The number of pyridine rings is 1. The Labute approximate surface area is 128 Å². The molecule has 2 rings (SSSR count). The van der Waals surface area contributed by atoms with Crippen molar-refractivity contribution in [3.8, 4) is 5.75 Å². The molecular weight excluding hydrogens is 340 g/mol. The fourth-order valence-electron chi connectivity index (χ4n) is 1.65. The maximum atomic E-state index is 12.2. The van der Waals surface area contributed by atoms with Crippen molar-refractivity contribution in [3.63, 3.8) is 0 Å². The molecule has 21 heavy (non-hydrogen) atoms. The standard InChI is InChI=1S/C14H11BrN2O4/c1-21-12-6-8(15)2-4-10(12)13(18)17-9-3-5-11(14(19)20)16-7-9/h2-7H,1H3,(H,17,18)(H,19,20). The molecule has 1 heterocycles. The quantitative estimate of drug-likeness (QED) is 0.884. The summed E-state index contributed by atoms with van der Waals surface area (Å²) in [5.74, 6) is -1.07. The largest absolute Gasteiger partial charge is 0.496 e. The minimum Gasteiger partial charge on any atom is -0.496 e. The predicted molar refractivity (Wildman–Crippen MR) is 79.8 cm³/mol. The number of ether oxygens (including phenoxy) is 1. The summed E-state index contributed by atoms with van der Waals surface area (Å²) in [5, 5.41) is 11.4. The first kappa shape index (κ1) is 15.0. The first-order valence-electron chi connectivity index (χ1n) is 5.85. The van der Waals surface area contributed by atoms with E-state index in [9.17, 15) is 9.59 Å².